The van der Waals surface area contributed by atoms with Crippen LogP contribution in [0.15, 0.2) is 51.8 Å². The molecule has 0 aliphatic heterocycles. The molecule has 0 spiro atoms. The molecular weight excluding hydrogens is 376 g/mol. The summed E-state index contributed by atoms with van der Waals surface area (Å²) in [4.78, 5) is 12.0. The fourth-order valence-corrected chi connectivity index (χ4v) is 4.66. The van der Waals surface area contributed by atoms with Gasteiger partial charge in [-0.1, -0.05) is 11.3 Å². The van der Waals surface area contributed by atoms with E-state index >= 15 is 0 Å². The number of esters is 1. The quantitative estimate of drug-likeness (QED) is 0.636. The molecule has 1 heterocycles. The van der Waals surface area contributed by atoms with E-state index in [0.717, 1.165) is 10.2 Å². The van der Waals surface area contributed by atoms with Crippen molar-refractivity contribution >= 4 is 37.5 Å². The summed E-state index contributed by atoms with van der Waals surface area (Å²) in [7, 11) is 0.665. The van der Waals surface area contributed by atoms with Crippen molar-refractivity contribution in [1.82, 2.24) is 4.57 Å². The van der Waals surface area contributed by atoms with Crippen LogP contribution in [0.3, 0.4) is 0 Å². The van der Waals surface area contributed by atoms with Crippen molar-refractivity contribution in [2.75, 3.05) is 14.2 Å². The van der Waals surface area contributed by atoms with Crippen molar-refractivity contribution in [2.24, 2.45) is 11.4 Å². The van der Waals surface area contributed by atoms with Crippen LogP contribution in [0, 0.1) is 0 Å². The topological polar surface area (TPSA) is 87.0 Å². The molecule has 9 heteroatoms. The van der Waals surface area contributed by atoms with Crippen molar-refractivity contribution in [3.05, 3.63) is 52.8 Å². The zero-order valence-corrected chi connectivity index (χ0v) is 15.9. The molecule has 0 N–H and O–H groups in total. The van der Waals surface area contributed by atoms with Crippen molar-refractivity contribution in [3.8, 4) is 5.75 Å². The van der Waals surface area contributed by atoms with E-state index in [2.05, 4.69) is 4.40 Å². The van der Waals surface area contributed by atoms with E-state index in [0.29, 0.717) is 16.1 Å². The van der Waals surface area contributed by atoms with Gasteiger partial charge in [0.05, 0.1) is 34.9 Å². The normalized spacial score (nSPS) is 12.3. The summed E-state index contributed by atoms with van der Waals surface area (Å²) in [5.74, 6) is 0.110. The molecule has 0 aliphatic rings. The number of benzene rings is 2. The first kappa shape index (κ1) is 18.2. The number of sulfonamides is 1. The minimum absolute atomic E-state index is 0.0750. The van der Waals surface area contributed by atoms with Crippen molar-refractivity contribution in [2.45, 2.75) is 4.90 Å². The maximum absolute atomic E-state index is 12.6. The van der Waals surface area contributed by atoms with Crippen molar-refractivity contribution in [1.29, 1.82) is 0 Å². The summed E-state index contributed by atoms with van der Waals surface area (Å²) >= 11 is 1.18. The standard InChI is InChI=1S/C17H16N2O5S2/c1-19-14-9-4-11(16(20)24-3)10-15(14)25-17(19)18-26(21,22)13-7-5-12(23-2)6-8-13/h4-10H,1-3H3. The Bertz CT molecular complexity index is 1140. The summed E-state index contributed by atoms with van der Waals surface area (Å²) in [5.41, 5.74) is 1.16. The van der Waals surface area contributed by atoms with Gasteiger partial charge >= 0.3 is 5.97 Å². The molecule has 0 saturated carbocycles. The van der Waals surface area contributed by atoms with E-state index < -0.39 is 16.0 Å². The van der Waals surface area contributed by atoms with Gasteiger partial charge in [0.2, 0.25) is 4.80 Å². The highest BCUT2D eigenvalue weighted by atomic mass is 32.2. The van der Waals surface area contributed by atoms with Gasteiger partial charge in [-0.15, -0.1) is 4.40 Å². The Hall–Kier alpha value is -2.65. The van der Waals surface area contributed by atoms with E-state index in [-0.39, 0.29) is 4.90 Å². The average molecular weight is 392 g/mol. The summed E-state index contributed by atoms with van der Waals surface area (Å²) in [5, 5.41) is 0. The molecule has 136 valence electrons. The van der Waals surface area contributed by atoms with Crippen LogP contribution in [0.5, 0.6) is 5.75 Å². The van der Waals surface area contributed by atoms with E-state index in [9.17, 15) is 13.2 Å². The minimum atomic E-state index is -3.87. The lowest BCUT2D eigenvalue weighted by Crippen LogP contribution is -2.13. The molecule has 0 unspecified atom stereocenters. The molecule has 0 aliphatic carbocycles. The van der Waals surface area contributed by atoms with Gasteiger partial charge in [0.15, 0.2) is 0 Å². The van der Waals surface area contributed by atoms with Crippen LogP contribution in [0.25, 0.3) is 10.2 Å². The molecule has 0 atom stereocenters. The number of aromatic nitrogens is 1. The van der Waals surface area contributed by atoms with Gasteiger partial charge in [-0.25, -0.2) is 4.79 Å². The second-order valence-electron chi connectivity index (χ2n) is 5.36. The second-order valence-corrected chi connectivity index (χ2v) is 7.97. The highest BCUT2D eigenvalue weighted by Gasteiger charge is 2.15. The first-order valence-electron chi connectivity index (χ1n) is 7.48. The SMILES string of the molecule is COC(=O)c1ccc2c(c1)sc(=NS(=O)(=O)c1ccc(OC)cc1)n2C. The Morgan fingerprint density at radius 2 is 1.81 bits per heavy atom. The molecular formula is C17H16N2O5S2. The summed E-state index contributed by atoms with van der Waals surface area (Å²) in [6.07, 6.45) is 0. The Labute approximate surface area is 154 Å². The zero-order valence-electron chi connectivity index (χ0n) is 14.3. The van der Waals surface area contributed by atoms with Gasteiger partial charge < -0.3 is 14.0 Å². The lowest BCUT2D eigenvalue weighted by molar-refractivity contribution is 0.0601. The third-order valence-electron chi connectivity index (χ3n) is 3.79. The molecule has 0 fully saturated rings. The molecule has 3 aromatic rings. The number of methoxy groups -OCH3 is 2. The average Bonchev–Trinajstić information content (AvgIpc) is 2.95. The van der Waals surface area contributed by atoms with Crippen LogP contribution >= 0.6 is 11.3 Å². The number of carbonyl (C=O) groups is 1. The van der Waals surface area contributed by atoms with Crippen molar-refractivity contribution in [3.63, 3.8) is 0 Å². The zero-order chi connectivity index (χ0) is 18.9. The van der Waals surface area contributed by atoms with Crippen LogP contribution in [0.4, 0.5) is 0 Å². The second kappa shape index (κ2) is 6.93. The van der Waals surface area contributed by atoms with E-state index in [4.69, 9.17) is 9.47 Å². The molecule has 7 nitrogen and oxygen atoms in total. The smallest absolute Gasteiger partial charge is 0.337 e. The Kier molecular flexibility index (Phi) is 4.84. The molecule has 26 heavy (non-hydrogen) atoms. The minimum Gasteiger partial charge on any atom is -0.497 e. The molecule has 0 bridgehead atoms. The third-order valence-corrected chi connectivity index (χ3v) is 6.28. The predicted molar refractivity (Wildman–Crippen MR) is 97.9 cm³/mol. The number of thiazole rings is 1. The molecule has 0 saturated heterocycles. The number of hydrogen-bond acceptors (Lipinski definition) is 6. The first-order valence-corrected chi connectivity index (χ1v) is 9.74. The van der Waals surface area contributed by atoms with Gasteiger partial charge in [0, 0.05) is 7.05 Å². The highest BCUT2D eigenvalue weighted by Crippen LogP contribution is 2.21. The number of fused-ring (bicyclic) bond motifs is 1. The number of aryl methyl sites for hydroxylation is 1. The van der Waals surface area contributed by atoms with Crippen LogP contribution < -0.4 is 9.54 Å². The Balaban J connectivity index is 2.10. The molecule has 0 radical (unpaired) electrons. The predicted octanol–water partition coefficient (Wildman–Crippen LogP) is 2.32. The van der Waals surface area contributed by atoms with Gasteiger partial charge in [-0.2, -0.15) is 8.42 Å². The van der Waals surface area contributed by atoms with Gasteiger partial charge in [-0.05, 0) is 42.5 Å². The summed E-state index contributed by atoms with van der Waals surface area (Å²) in [6, 6.07) is 11.0. The number of carbonyl (C=O) groups excluding carboxylic acids is 1. The van der Waals surface area contributed by atoms with E-state index in [1.807, 2.05) is 0 Å². The van der Waals surface area contributed by atoms with E-state index in [1.165, 1.54) is 37.7 Å². The number of ether oxygens (including phenoxy) is 2. The number of nitrogens with zero attached hydrogens (tertiary/aromatic N) is 2. The first-order chi connectivity index (χ1) is 12.4. The summed E-state index contributed by atoms with van der Waals surface area (Å²) < 4.78 is 41.2. The Morgan fingerprint density at radius 3 is 2.42 bits per heavy atom. The molecule has 1 aromatic heterocycles. The Morgan fingerprint density at radius 1 is 1.12 bits per heavy atom. The largest absolute Gasteiger partial charge is 0.497 e. The fourth-order valence-electron chi connectivity index (χ4n) is 2.37. The van der Waals surface area contributed by atoms with Gasteiger partial charge in [-0.3, -0.25) is 0 Å². The van der Waals surface area contributed by atoms with E-state index in [1.54, 1.807) is 41.9 Å². The van der Waals surface area contributed by atoms with Crippen LogP contribution in [0.1, 0.15) is 10.4 Å². The fraction of sp³-hybridized carbons (Fsp3) is 0.176. The highest BCUT2D eigenvalue weighted by molar-refractivity contribution is 7.90. The third kappa shape index (κ3) is 3.35. The lowest BCUT2D eigenvalue weighted by Gasteiger charge is -2.01. The summed E-state index contributed by atoms with van der Waals surface area (Å²) in [6.45, 7) is 0. The molecule has 2 aromatic carbocycles. The molecule has 0 amide bonds. The maximum atomic E-state index is 12.6. The van der Waals surface area contributed by atoms with Crippen LogP contribution in [-0.2, 0) is 21.8 Å². The number of rotatable bonds is 4. The molecule has 3 rings (SSSR count). The monoisotopic (exact) mass is 392 g/mol. The lowest BCUT2D eigenvalue weighted by atomic mass is 10.2. The van der Waals surface area contributed by atoms with Crippen LogP contribution in [0.2, 0.25) is 0 Å². The van der Waals surface area contributed by atoms with Gasteiger partial charge in [0.1, 0.15) is 5.75 Å². The van der Waals surface area contributed by atoms with Gasteiger partial charge in [0.25, 0.3) is 10.0 Å². The van der Waals surface area contributed by atoms with Crippen molar-refractivity contribution < 1.29 is 22.7 Å². The number of hydrogen-bond donors (Lipinski definition) is 0. The maximum Gasteiger partial charge on any atom is 0.337 e. The van der Waals surface area contributed by atoms with Crippen LogP contribution in [-0.4, -0.2) is 33.2 Å².